The number of fused-ring (bicyclic) bond motifs is 3. The maximum absolute atomic E-state index is 11.1. The number of aromatic nitrogens is 4. The van der Waals surface area contributed by atoms with Crippen LogP contribution in [0.15, 0.2) is 49.3 Å². The summed E-state index contributed by atoms with van der Waals surface area (Å²) in [7, 11) is 0. The van der Waals surface area contributed by atoms with Gasteiger partial charge in [-0.2, -0.15) is 0 Å². The van der Waals surface area contributed by atoms with Crippen LogP contribution in [-0.4, -0.2) is 55.8 Å². The summed E-state index contributed by atoms with van der Waals surface area (Å²) >= 11 is 0. The second kappa shape index (κ2) is 6.40. The van der Waals surface area contributed by atoms with Crippen LogP contribution in [0.5, 0.6) is 0 Å². The number of ether oxygens (including phenoxy) is 2. The van der Waals surface area contributed by atoms with Gasteiger partial charge in [0.1, 0.15) is 18.5 Å². The standard InChI is InChI=1S/C18H19N5O3/c24-17-15(21-7-11-5-19-9-20-6-11)14-8-25-18(26-14)16(17)23-10-22-12-3-1-2-4-13(12)23/h1-6,9-10,14-18,21,24H,7-8H2. The minimum atomic E-state index is -0.677. The van der Waals surface area contributed by atoms with Crippen LogP contribution in [0.4, 0.5) is 0 Å². The van der Waals surface area contributed by atoms with Crippen LogP contribution >= 0.6 is 0 Å². The zero-order valence-corrected chi connectivity index (χ0v) is 14.0. The Balaban J connectivity index is 1.43. The molecule has 5 unspecified atom stereocenters. The number of benzene rings is 1. The van der Waals surface area contributed by atoms with E-state index >= 15 is 0 Å². The molecule has 0 aliphatic carbocycles. The van der Waals surface area contributed by atoms with Crippen molar-refractivity contribution in [3.05, 3.63) is 54.9 Å². The molecule has 2 bridgehead atoms. The average molecular weight is 353 g/mol. The molecule has 26 heavy (non-hydrogen) atoms. The number of para-hydroxylation sites is 2. The van der Waals surface area contributed by atoms with Crippen molar-refractivity contribution in [3.8, 4) is 0 Å². The van der Waals surface area contributed by atoms with Crippen molar-refractivity contribution >= 4 is 11.0 Å². The average Bonchev–Trinajstić information content (AvgIpc) is 3.29. The largest absolute Gasteiger partial charge is 0.389 e. The predicted octanol–water partition coefficient (Wildman–Crippen LogP) is 0.642. The lowest BCUT2D eigenvalue weighted by atomic mass is 9.95. The summed E-state index contributed by atoms with van der Waals surface area (Å²) in [6, 6.07) is 7.21. The minimum Gasteiger partial charge on any atom is -0.389 e. The Bertz CT molecular complexity index is 902. The molecule has 0 radical (unpaired) electrons. The molecular formula is C18H19N5O3. The van der Waals surface area contributed by atoms with Gasteiger partial charge in [-0.1, -0.05) is 12.1 Å². The fourth-order valence-electron chi connectivity index (χ4n) is 3.82. The lowest BCUT2D eigenvalue weighted by Crippen LogP contribution is -2.57. The highest BCUT2D eigenvalue weighted by Gasteiger charge is 2.50. The molecule has 2 aliphatic rings. The molecule has 5 rings (SSSR count). The van der Waals surface area contributed by atoms with Gasteiger partial charge < -0.3 is 24.5 Å². The summed E-state index contributed by atoms with van der Waals surface area (Å²) in [5.41, 5.74) is 2.78. The van der Waals surface area contributed by atoms with Crippen molar-refractivity contribution in [1.82, 2.24) is 24.8 Å². The monoisotopic (exact) mass is 353 g/mol. The Morgan fingerprint density at radius 2 is 2.08 bits per heavy atom. The van der Waals surface area contributed by atoms with Crippen LogP contribution < -0.4 is 5.32 Å². The van der Waals surface area contributed by atoms with E-state index in [1.54, 1.807) is 18.7 Å². The van der Waals surface area contributed by atoms with Crippen LogP contribution in [0.1, 0.15) is 11.6 Å². The molecule has 2 aromatic heterocycles. The van der Waals surface area contributed by atoms with E-state index < -0.39 is 12.4 Å². The highest BCUT2D eigenvalue weighted by molar-refractivity contribution is 5.75. The summed E-state index contributed by atoms with van der Waals surface area (Å²) in [5.74, 6) is 0. The van der Waals surface area contributed by atoms with Crippen molar-refractivity contribution in [1.29, 1.82) is 0 Å². The zero-order valence-electron chi connectivity index (χ0n) is 14.0. The van der Waals surface area contributed by atoms with Gasteiger partial charge in [-0.3, -0.25) is 0 Å². The lowest BCUT2D eigenvalue weighted by Gasteiger charge is -2.39. The van der Waals surface area contributed by atoms with E-state index in [1.807, 2.05) is 28.8 Å². The Kier molecular flexibility index (Phi) is 3.90. The molecule has 5 atom stereocenters. The van der Waals surface area contributed by atoms with Gasteiger partial charge in [-0.25, -0.2) is 15.0 Å². The first kappa shape index (κ1) is 15.8. The second-order valence-electron chi connectivity index (χ2n) is 6.65. The van der Waals surface area contributed by atoms with Crippen molar-refractivity contribution in [3.63, 3.8) is 0 Å². The van der Waals surface area contributed by atoms with E-state index in [0.29, 0.717) is 13.2 Å². The van der Waals surface area contributed by atoms with Crippen LogP contribution in [0.3, 0.4) is 0 Å². The van der Waals surface area contributed by atoms with E-state index in [0.717, 1.165) is 16.6 Å². The van der Waals surface area contributed by atoms with Crippen LogP contribution in [0, 0.1) is 0 Å². The Labute approximate surface area is 149 Å². The van der Waals surface area contributed by atoms with Gasteiger partial charge in [0.05, 0.1) is 36.1 Å². The Morgan fingerprint density at radius 1 is 1.23 bits per heavy atom. The molecule has 8 heteroatoms. The van der Waals surface area contributed by atoms with Gasteiger partial charge in [-0.05, 0) is 12.1 Å². The maximum atomic E-state index is 11.1. The number of rotatable bonds is 4. The first-order valence-corrected chi connectivity index (χ1v) is 8.65. The smallest absolute Gasteiger partial charge is 0.181 e. The SMILES string of the molecule is OC1C(NCc2cncnc2)C2COC(O2)C1n1cnc2ccccc21. The van der Waals surface area contributed by atoms with Crippen molar-refractivity contribution in [2.75, 3.05) is 6.61 Å². The molecule has 1 aromatic carbocycles. The topological polar surface area (TPSA) is 94.3 Å². The molecular weight excluding hydrogens is 334 g/mol. The highest BCUT2D eigenvalue weighted by Crippen LogP contribution is 2.37. The number of hydrogen-bond acceptors (Lipinski definition) is 7. The van der Waals surface area contributed by atoms with Crippen LogP contribution in [0.2, 0.25) is 0 Å². The zero-order chi connectivity index (χ0) is 17.5. The number of hydrogen-bond donors (Lipinski definition) is 2. The normalized spacial score (nSPS) is 30.7. The van der Waals surface area contributed by atoms with Gasteiger partial charge in [-0.15, -0.1) is 0 Å². The third kappa shape index (κ3) is 2.58. The molecule has 2 saturated heterocycles. The summed E-state index contributed by atoms with van der Waals surface area (Å²) in [4.78, 5) is 12.5. The summed E-state index contributed by atoms with van der Waals surface area (Å²) in [5, 5.41) is 14.5. The van der Waals surface area contributed by atoms with Gasteiger partial charge >= 0.3 is 0 Å². The maximum Gasteiger partial charge on any atom is 0.181 e. The second-order valence-corrected chi connectivity index (χ2v) is 6.65. The van der Waals surface area contributed by atoms with Crippen LogP contribution in [-0.2, 0) is 16.0 Å². The van der Waals surface area contributed by atoms with E-state index in [4.69, 9.17) is 9.47 Å². The molecule has 134 valence electrons. The number of aliphatic hydroxyl groups is 1. The fourth-order valence-corrected chi connectivity index (χ4v) is 3.82. The van der Waals surface area contributed by atoms with E-state index in [1.165, 1.54) is 6.33 Å². The van der Waals surface area contributed by atoms with Crippen molar-refractivity contribution < 1.29 is 14.6 Å². The van der Waals surface area contributed by atoms with Crippen molar-refractivity contribution in [2.24, 2.45) is 0 Å². The van der Waals surface area contributed by atoms with Gasteiger partial charge in [0, 0.05) is 24.5 Å². The first-order chi connectivity index (χ1) is 12.8. The third-order valence-electron chi connectivity index (χ3n) is 5.09. The van der Waals surface area contributed by atoms with Crippen LogP contribution in [0.25, 0.3) is 11.0 Å². The molecule has 8 nitrogen and oxygen atoms in total. The number of aliphatic hydroxyl groups excluding tert-OH is 1. The molecule has 0 spiro atoms. The Morgan fingerprint density at radius 3 is 2.96 bits per heavy atom. The van der Waals surface area contributed by atoms with Gasteiger partial charge in [0.25, 0.3) is 0 Å². The summed E-state index contributed by atoms with van der Waals surface area (Å²) < 4.78 is 13.8. The van der Waals surface area contributed by atoms with E-state index in [9.17, 15) is 5.11 Å². The third-order valence-corrected chi connectivity index (χ3v) is 5.09. The molecule has 4 heterocycles. The number of nitrogens with one attached hydrogen (secondary N) is 1. The Hall–Kier alpha value is -2.39. The fraction of sp³-hybridized carbons (Fsp3) is 0.389. The van der Waals surface area contributed by atoms with E-state index in [-0.39, 0.29) is 18.2 Å². The molecule has 2 aliphatic heterocycles. The molecule has 0 saturated carbocycles. The quantitative estimate of drug-likeness (QED) is 0.711. The van der Waals surface area contributed by atoms with Gasteiger partial charge in [0.2, 0.25) is 0 Å². The number of imidazole rings is 1. The molecule has 0 amide bonds. The van der Waals surface area contributed by atoms with Gasteiger partial charge in [0.15, 0.2) is 6.29 Å². The van der Waals surface area contributed by atoms with E-state index in [2.05, 4.69) is 20.3 Å². The minimum absolute atomic E-state index is 0.189. The summed E-state index contributed by atoms with van der Waals surface area (Å²) in [6.07, 6.45) is 5.40. The molecule has 2 N–H and O–H groups in total. The highest BCUT2D eigenvalue weighted by atomic mass is 16.7. The molecule has 2 fully saturated rings. The molecule has 3 aromatic rings. The number of nitrogens with zero attached hydrogens (tertiary/aromatic N) is 4. The summed E-state index contributed by atoms with van der Waals surface area (Å²) in [6.45, 7) is 0.998. The predicted molar refractivity (Wildman–Crippen MR) is 92.0 cm³/mol. The lowest BCUT2D eigenvalue weighted by molar-refractivity contribution is -0.164. The van der Waals surface area contributed by atoms with Crippen molar-refractivity contribution in [2.45, 2.75) is 37.1 Å². The first-order valence-electron chi connectivity index (χ1n) is 8.65.